The molecule has 0 spiro atoms. The molecule has 116 valence electrons. The van der Waals surface area contributed by atoms with Crippen molar-refractivity contribution in [1.82, 2.24) is 9.62 Å². The molecular weight excluding hydrogens is 288 g/mol. The number of nitrogens with one attached hydrogen (secondary N) is 1. The lowest BCUT2D eigenvalue weighted by Gasteiger charge is -2.32. The molecule has 1 aliphatic heterocycles. The zero-order valence-corrected chi connectivity index (χ0v) is 13.1. The summed E-state index contributed by atoms with van der Waals surface area (Å²) in [5.74, 6) is 0.330. The summed E-state index contributed by atoms with van der Waals surface area (Å²) in [6, 6.07) is 6.29. The molecular formula is C15H22N2O3S. The van der Waals surface area contributed by atoms with Crippen LogP contribution in [0.5, 0.6) is 5.75 Å². The van der Waals surface area contributed by atoms with Gasteiger partial charge in [-0.2, -0.15) is 0 Å². The molecule has 0 saturated carbocycles. The molecule has 0 bridgehead atoms. The van der Waals surface area contributed by atoms with Crippen LogP contribution in [0.25, 0.3) is 0 Å². The fraction of sp³-hybridized carbons (Fsp3) is 0.600. The number of hydrogen-bond acceptors (Lipinski definition) is 4. The second kappa shape index (κ2) is 5.59. The molecule has 2 N–H and O–H groups in total. The van der Waals surface area contributed by atoms with Crippen molar-refractivity contribution in [2.75, 3.05) is 19.3 Å². The Morgan fingerprint density at radius 3 is 2.62 bits per heavy atom. The Kier molecular flexibility index (Phi) is 3.94. The van der Waals surface area contributed by atoms with E-state index in [1.807, 2.05) is 12.1 Å². The molecule has 2 aliphatic rings. The van der Waals surface area contributed by atoms with Crippen LogP contribution in [-0.2, 0) is 16.4 Å². The predicted molar refractivity (Wildman–Crippen MR) is 81.7 cm³/mol. The molecule has 1 heterocycles. The number of sulfonamides is 1. The number of rotatable bonds is 3. The molecule has 0 aromatic heterocycles. The normalized spacial score (nSPS) is 24.1. The third kappa shape index (κ3) is 3.22. The highest BCUT2D eigenvalue weighted by molar-refractivity contribution is 7.88. The summed E-state index contributed by atoms with van der Waals surface area (Å²) in [7, 11) is -3.05. The molecule has 21 heavy (non-hydrogen) atoms. The topological polar surface area (TPSA) is 69.6 Å². The number of aryl methyl sites for hydroxylation is 1. The van der Waals surface area contributed by atoms with E-state index >= 15 is 0 Å². The Morgan fingerprint density at radius 2 is 1.95 bits per heavy atom. The van der Waals surface area contributed by atoms with Crippen LogP contribution >= 0.6 is 0 Å². The summed E-state index contributed by atoms with van der Waals surface area (Å²) in [4.78, 5) is 0. The van der Waals surface area contributed by atoms with Crippen molar-refractivity contribution < 1.29 is 13.5 Å². The van der Waals surface area contributed by atoms with Crippen LogP contribution in [0.3, 0.4) is 0 Å². The molecule has 1 unspecified atom stereocenters. The summed E-state index contributed by atoms with van der Waals surface area (Å²) < 4.78 is 24.6. The van der Waals surface area contributed by atoms with Gasteiger partial charge < -0.3 is 10.4 Å². The van der Waals surface area contributed by atoms with Crippen LogP contribution in [0.2, 0.25) is 0 Å². The van der Waals surface area contributed by atoms with Gasteiger partial charge in [0.05, 0.1) is 6.26 Å². The minimum Gasteiger partial charge on any atom is -0.508 e. The lowest BCUT2D eigenvalue weighted by molar-refractivity contribution is 0.274. The van der Waals surface area contributed by atoms with Crippen molar-refractivity contribution in [2.24, 2.45) is 0 Å². The van der Waals surface area contributed by atoms with E-state index in [9.17, 15) is 13.5 Å². The van der Waals surface area contributed by atoms with E-state index in [1.54, 1.807) is 10.4 Å². The summed E-state index contributed by atoms with van der Waals surface area (Å²) >= 11 is 0. The molecule has 1 atom stereocenters. The van der Waals surface area contributed by atoms with Crippen LogP contribution in [-0.4, -0.2) is 43.2 Å². The van der Waals surface area contributed by atoms with Crippen molar-refractivity contribution in [1.29, 1.82) is 0 Å². The molecule has 1 fully saturated rings. The molecule has 6 heteroatoms. The van der Waals surface area contributed by atoms with Gasteiger partial charge in [0.1, 0.15) is 5.75 Å². The molecule has 0 amide bonds. The second-order valence-electron chi connectivity index (χ2n) is 6.08. The molecule has 1 aromatic carbocycles. The molecule has 1 saturated heterocycles. The van der Waals surface area contributed by atoms with Crippen LogP contribution in [0.4, 0.5) is 0 Å². The van der Waals surface area contributed by atoms with Gasteiger partial charge in [0.2, 0.25) is 10.0 Å². The minimum absolute atomic E-state index is 0.329. The molecule has 1 aliphatic carbocycles. The molecule has 5 nitrogen and oxygen atoms in total. The Morgan fingerprint density at radius 1 is 1.24 bits per heavy atom. The fourth-order valence-electron chi connectivity index (χ4n) is 3.42. The molecule has 0 radical (unpaired) electrons. The number of piperidine rings is 1. The van der Waals surface area contributed by atoms with Gasteiger partial charge in [-0.15, -0.1) is 0 Å². The highest BCUT2D eigenvalue weighted by Crippen LogP contribution is 2.34. The van der Waals surface area contributed by atoms with Crippen molar-refractivity contribution in [3.05, 3.63) is 29.3 Å². The number of aromatic hydroxyl groups is 1. The van der Waals surface area contributed by atoms with E-state index in [1.165, 1.54) is 17.4 Å². The first-order chi connectivity index (χ1) is 9.93. The summed E-state index contributed by atoms with van der Waals surface area (Å²) in [6.45, 7) is 1.21. The van der Waals surface area contributed by atoms with Crippen LogP contribution in [0, 0.1) is 0 Å². The summed E-state index contributed by atoms with van der Waals surface area (Å²) in [5.41, 5.74) is 2.50. The van der Waals surface area contributed by atoms with Crippen LogP contribution in [0.15, 0.2) is 18.2 Å². The zero-order chi connectivity index (χ0) is 15.0. The van der Waals surface area contributed by atoms with Crippen molar-refractivity contribution >= 4 is 10.0 Å². The highest BCUT2D eigenvalue weighted by atomic mass is 32.2. The van der Waals surface area contributed by atoms with E-state index in [2.05, 4.69) is 5.32 Å². The van der Waals surface area contributed by atoms with E-state index in [0.717, 1.165) is 25.7 Å². The van der Waals surface area contributed by atoms with Crippen molar-refractivity contribution in [2.45, 2.75) is 37.8 Å². The predicted octanol–water partition coefficient (Wildman–Crippen LogP) is 1.39. The van der Waals surface area contributed by atoms with Gasteiger partial charge >= 0.3 is 0 Å². The van der Waals surface area contributed by atoms with Gasteiger partial charge in [-0.3, -0.25) is 0 Å². The van der Waals surface area contributed by atoms with Gasteiger partial charge in [0, 0.05) is 25.2 Å². The first-order valence-electron chi connectivity index (χ1n) is 7.46. The number of nitrogens with zero attached hydrogens (tertiary/aromatic N) is 1. The first-order valence-corrected chi connectivity index (χ1v) is 9.31. The van der Waals surface area contributed by atoms with E-state index in [4.69, 9.17) is 0 Å². The van der Waals surface area contributed by atoms with Gasteiger partial charge in [0.15, 0.2) is 0 Å². The fourth-order valence-corrected chi connectivity index (χ4v) is 4.29. The van der Waals surface area contributed by atoms with Gasteiger partial charge in [-0.1, -0.05) is 6.07 Å². The van der Waals surface area contributed by atoms with Crippen LogP contribution in [0.1, 0.15) is 36.4 Å². The summed E-state index contributed by atoms with van der Waals surface area (Å²) in [6.07, 6.45) is 5.03. The number of phenolic OH excluding ortho intramolecular Hbond substituents is 1. The largest absolute Gasteiger partial charge is 0.508 e. The Bertz CT molecular complexity index is 622. The standard InChI is InChI=1S/C15H22N2O3S/c1-21(19,20)17-8-6-12(7-9-17)16-15-5-2-11-10-13(18)3-4-14(11)15/h3-4,10,12,15-16,18H,2,5-9H2,1H3. The minimum atomic E-state index is -3.05. The maximum atomic E-state index is 11.5. The van der Waals surface area contributed by atoms with E-state index < -0.39 is 10.0 Å². The Labute approximate surface area is 126 Å². The lowest BCUT2D eigenvalue weighted by atomic mass is 10.0. The number of phenols is 1. The van der Waals surface area contributed by atoms with Crippen molar-refractivity contribution in [3.8, 4) is 5.75 Å². The maximum absolute atomic E-state index is 11.5. The summed E-state index contributed by atoms with van der Waals surface area (Å²) in [5, 5.41) is 13.2. The van der Waals surface area contributed by atoms with Gasteiger partial charge in [-0.25, -0.2) is 12.7 Å². The monoisotopic (exact) mass is 310 g/mol. The first kappa shape index (κ1) is 14.8. The zero-order valence-electron chi connectivity index (χ0n) is 12.2. The van der Waals surface area contributed by atoms with E-state index in [-0.39, 0.29) is 0 Å². The van der Waals surface area contributed by atoms with Crippen LogP contribution < -0.4 is 5.32 Å². The molecule has 1 aromatic rings. The maximum Gasteiger partial charge on any atom is 0.211 e. The smallest absolute Gasteiger partial charge is 0.211 e. The number of hydrogen-bond donors (Lipinski definition) is 2. The highest BCUT2D eigenvalue weighted by Gasteiger charge is 2.29. The SMILES string of the molecule is CS(=O)(=O)N1CCC(NC2CCc3cc(O)ccc32)CC1. The van der Waals surface area contributed by atoms with Gasteiger partial charge in [-0.05, 0) is 48.9 Å². The third-order valence-corrected chi connectivity index (χ3v) is 5.87. The van der Waals surface area contributed by atoms with E-state index in [0.29, 0.717) is 30.9 Å². The quantitative estimate of drug-likeness (QED) is 0.885. The Hall–Kier alpha value is -1.11. The number of fused-ring (bicyclic) bond motifs is 1. The third-order valence-electron chi connectivity index (χ3n) is 4.56. The Balaban J connectivity index is 1.60. The average molecular weight is 310 g/mol. The lowest BCUT2D eigenvalue weighted by Crippen LogP contribution is -2.45. The average Bonchev–Trinajstić information content (AvgIpc) is 2.80. The number of benzene rings is 1. The second-order valence-corrected chi connectivity index (χ2v) is 8.06. The van der Waals surface area contributed by atoms with Crippen molar-refractivity contribution in [3.63, 3.8) is 0 Å². The molecule has 3 rings (SSSR count). The van der Waals surface area contributed by atoms with Gasteiger partial charge in [0.25, 0.3) is 0 Å².